The number of nitro benzene ring substituents is 1. The number of amides is 1. The highest BCUT2D eigenvalue weighted by Crippen LogP contribution is 2.34. The summed E-state index contributed by atoms with van der Waals surface area (Å²) in [6, 6.07) is 4.03. The summed E-state index contributed by atoms with van der Waals surface area (Å²) in [5, 5.41) is 14.3. The molecule has 1 amide bonds. The molecule has 8 heteroatoms. The molecule has 0 aliphatic heterocycles. The number of hydrogen-bond donors (Lipinski definition) is 2. The van der Waals surface area contributed by atoms with Crippen LogP contribution in [-0.2, 0) is 12.8 Å². The first-order chi connectivity index (χ1) is 12.0. The van der Waals surface area contributed by atoms with E-state index >= 15 is 0 Å². The number of aromatic nitrogens is 1. The van der Waals surface area contributed by atoms with Gasteiger partial charge in [-0.3, -0.25) is 20.2 Å². The summed E-state index contributed by atoms with van der Waals surface area (Å²) in [6.45, 7) is 2.19. The van der Waals surface area contributed by atoms with E-state index in [0.717, 1.165) is 25.0 Å². The molecular formula is C17H20N4O3S. The second kappa shape index (κ2) is 7.18. The number of anilines is 2. The van der Waals surface area contributed by atoms with Gasteiger partial charge >= 0.3 is 0 Å². The molecule has 132 valence electrons. The van der Waals surface area contributed by atoms with Crippen molar-refractivity contribution in [2.75, 3.05) is 11.1 Å². The van der Waals surface area contributed by atoms with Crippen LogP contribution in [0.5, 0.6) is 0 Å². The summed E-state index contributed by atoms with van der Waals surface area (Å²) in [5.74, 6) is 0.278. The van der Waals surface area contributed by atoms with Gasteiger partial charge in [0.05, 0.1) is 10.6 Å². The number of thiazole rings is 1. The van der Waals surface area contributed by atoms with Crippen LogP contribution in [0, 0.1) is 16.0 Å². The highest BCUT2D eigenvalue weighted by molar-refractivity contribution is 7.15. The van der Waals surface area contributed by atoms with Crippen LogP contribution in [0.1, 0.15) is 47.1 Å². The molecule has 2 aromatic rings. The average Bonchev–Trinajstić information content (AvgIpc) is 2.96. The highest BCUT2D eigenvalue weighted by Gasteiger charge is 2.23. The van der Waals surface area contributed by atoms with Crippen LogP contribution >= 0.6 is 11.3 Å². The Morgan fingerprint density at radius 3 is 3.04 bits per heavy atom. The molecule has 7 nitrogen and oxygen atoms in total. The molecule has 0 spiro atoms. The van der Waals surface area contributed by atoms with Crippen molar-refractivity contribution in [3.8, 4) is 0 Å². The lowest BCUT2D eigenvalue weighted by atomic mass is 9.88. The Labute approximate surface area is 149 Å². The Morgan fingerprint density at radius 2 is 2.32 bits per heavy atom. The Bertz CT molecular complexity index is 818. The Balaban J connectivity index is 1.74. The number of carbonyl (C=O) groups is 1. The fourth-order valence-electron chi connectivity index (χ4n) is 3.16. The van der Waals surface area contributed by atoms with Crippen molar-refractivity contribution in [3.05, 3.63) is 44.4 Å². The van der Waals surface area contributed by atoms with E-state index in [2.05, 4.69) is 17.2 Å². The van der Waals surface area contributed by atoms with Gasteiger partial charge in [-0.15, -0.1) is 11.3 Å². The summed E-state index contributed by atoms with van der Waals surface area (Å²) >= 11 is 1.50. The number of nitrogens with one attached hydrogen (secondary N) is 1. The molecule has 25 heavy (non-hydrogen) atoms. The van der Waals surface area contributed by atoms with Crippen LogP contribution in [0.15, 0.2) is 18.2 Å². The van der Waals surface area contributed by atoms with E-state index in [4.69, 9.17) is 5.73 Å². The summed E-state index contributed by atoms with van der Waals surface area (Å²) in [7, 11) is 0. The monoisotopic (exact) mass is 360 g/mol. The van der Waals surface area contributed by atoms with Crippen LogP contribution in [0.2, 0.25) is 0 Å². The van der Waals surface area contributed by atoms with Gasteiger partial charge in [0, 0.05) is 16.5 Å². The Morgan fingerprint density at radius 1 is 1.52 bits per heavy atom. The Hall–Kier alpha value is -2.48. The molecule has 3 N–H and O–H groups in total. The molecular weight excluding hydrogens is 340 g/mol. The number of nitro groups is 1. The molecule has 1 aromatic heterocycles. The van der Waals surface area contributed by atoms with E-state index in [9.17, 15) is 14.9 Å². The van der Waals surface area contributed by atoms with Gasteiger partial charge in [0.15, 0.2) is 5.13 Å². The van der Waals surface area contributed by atoms with Crippen LogP contribution in [0.4, 0.5) is 16.5 Å². The van der Waals surface area contributed by atoms with Gasteiger partial charge < -0.3 is 5.73 Å². The van der Waals surface area contributed by atoms with Gasteiger partial charge in [-0.1, -0.05) is 19.8 Å². The zero-order valence-electron chi connectivity index (χ0n) is 13.9. The lowest BCUT2D eigenvalue weighted by Crippen LogP contribution is -2.13. The summed E-state index contributed by atoms with van der Waals surface area (Å²) in [5.41, 5.74) is 6.59. The first-order valence-corrected chi connectivity index (χ1v) is 9.13. The second-order valence-corrected chi connectivity index (χ2v) is 7.35. The van der Waals surface area contributed by atoms with Gasteiger partial charge in [-0.2, -0.15) is 0 Å². The largest absolute Gasteiger partial charge is 0.393 e. The number of nitrogens with zero attached hydrogens (tertiary/aromatic N) is 2. The van der Waals surface area contributed by atoms with Crippen molar-refractivity contribution in [3.63, 3.8) is 0 Å². The van der Waals surface area contributed by atoms with E-state index in [0.29, 0.717) is 11.0 Å². The molecule has 1 heterocycles. The average molecular weight is 360 g/mol. The number of aryl methyl sites for hydroxylation is 1. The number of carbonyl (C=O) groups excluding carboxylic acids is 1. The fraction of sp³-hybridized carbons (Fsp3) is 0.412. The normalized spacial score (nSPS) is 16.3. The number of nitrogen functional groups attached to an aromatic ring is 1. The van der Waals surface area contributed by atoms with Crippen molar-refractivity contribution < 1.29 is 9.72 Å². The molecule has 1 aliphatic carbocycles. The zero-order chi connectivity index (χ0) is 18.0. The van der Waals surface area contributed by atoms with Crippen molar-refractivity contribution in [1.29, 1.82) is 0 Å². The number of hydrogen-bond acceptors (Lipinski definition) is 6. The smallest absolute Gasteiger partial charge is 0.292 e. The van der Waals surface area contributed by atoms with Crippen molar-refractivity contribution >= 4 is 33.8 Å². The summed E-state index contributed by atoms with van der Waals surface area (Å²) < 4.78 is 0. The maximum absolute atomic E-state index is 12.4. The molecule has 0 fully saturated rings. The molecule has 1 atom stereocenters. The standard InChI is InChI=1S/C17H20N4O3S/c1-2-3-10-4-7-13-15(8-10)25-17(19-13)20-16(22)11-5-6-12(18)14(9-11)21(23)24/h5-6,9-10H,2-4,7-8,18H2,1H3,(H,19,20,22). The molecule has 0 radical (unpaired) electrons. The molecule has 3 rings (SSSR count). The first-order valence-electron chi connectivity index (χ1n) is 8.31. The van der Waals surface area contributed by atoms with E-state index in [1.54, 1.807) is 0 Å². The van der Waals surface area contributed by atoms with Crippen LogP contribution < -0.4 is 11.1 Å². The van der Waals surface area contributed by atoms with E-state index in [1.807, 2.05) is 0 Å². The third kappa shape index (κ3) is 3.79. The highest BCUT2D eigenvalue weighted by atomic mass is 32.1. The lowest BCUT2D eigenvalue weighted by molar-refractivity contribution is -0.383. The summed E-state index contributed by atoms with van der Waals surface area (Å²) in [4.78, 5) is 28.5. The van der Waals surface area contributed by atoms with Gasteiger partial charge in [-0.05, 0) is 37.3 Å². The fourth-order valence-corrected chi connectivity index (χ4v) is 4.28. The molecule has 0 bridgehead atoms. The van der Waals surface area contributed by atoms with E-state index in [1.165, 1.54) is 47.3 Å². The number of rotatable bonds is 5. The number of fused-ring (bicyclic) bond motifs is 1. The summed E-state index contributed by atoms with van der Waals surface area (Å²) in [6.07, 6.45) is 5.50. The predicted molar refractivity (Wildman–Crippen MR) is 98.0 cm³/mol. The van der Waals surface area contributed by atoms with Crippen LogP contribution in [0.3, 0.4) is 0 Å². The minimum Gasteiger partial charge on any atom is -0.393 e. The van der Waals surface area contributed by atoms with Crippen molar-refractivity contribution in [2.24, 2.45) is 5.92 Å². The molecule has 0 saturated carbocycles. The first kappa shape index (κ1) is 17.3. The number of nitrogens with two attached hydrogens (primary N) is 1. The van der Waals surface area contributed by atoms with E-state index in [-0.39, 0.29) is 16.9 Å². The van der Waals surface area contributed by atoms with Crippen LogP contribution in [-0.4, -0.2) is 15.8 Å². The molecule has 0 saturated heterocycles. The van der Waals surface area contributed by atoms with Crippen molar-refractivity contribution in [2.45, 2.75) is 39.0 Å². The zero-order valence-corrected chi connectivity index (χ0v) is 14.8. The predicted octanol–water partition coefficient (Wildman–Crippen LogP) is 3.79. The molecule has 1 aliphatic rings. The molecule has 1 aromatic carbocycles. The third-order valence-corrected chi connectivity index (χ3v) is 5.48. The van der Waals surface area contributed by atoms with Gasteiger partial charge in [-0.25, -0.2) is 4.98 Å². The minimum absolute atomic E-state index is 0.0354. The maximum atomic E-state index is 12.4. The molecule has 1 unspecified atom stereocenters. The van der Waals surface area contributed by atoms with Gasteiger partial charge in [0.2, 0.25) is 0 Å². The topological polar surface area (TPSA) is 111 Å². The number of benzene rings is 1. The maximum Gasteiger partial charge on any atom is 0.292 e. The third-order valence-electron chi connectivity index (χ3n) is 4.45. The quantitative estimate of drug-likeness (QED) is 0.479. The van der Waals surface area contributed by atoms with E-state index < -0.39 is 10.8 Å². The SMILES string of the molecule is CCCC1CCc2nc(NC(=O)c3ccc(N)c([N+](=O)[O-])c3)sc2C1. The van der Waals surface area contributed by atoms with Crippen LogP contribution in [0.25, 0.3) is 0 Å². The lowest BCUT2D eigenvalue weighted by Gasteiger charge is -2.19. The minimum atomic E-state index is -0.595. The van der Waals surface area contributed by atoms with Gasteiger partial charge in [0.25, 0.3) is 11.6 Å². The van der Waals surface area contributed by atoms with Crippen molar-refractivity contribution in [1.82, 2.24) is 4.98 Å². The Kier molecular flexibility index (Phi) is 4.98. The van der Waals surface area contributed by atoms with Gasteiger partial charge in [0.1, 0.15) is 5.69 Å². The second-order valence-electron chi connectivity index (χ2n) is 6.27.